The van der Waals surface area contributed by atoms with Gasteiger partial charge in [0.25, 0.3) is 0 Å². The second-order valence-electron chi connectivity index (χ2n) is 6.02. The highest BCUT2D eigenvalue weighted by atomic mass is 127. The van der Waals surface area contributed by atoms with Gasteiger partial charge in [0.1, 0.15) is 0 Å². The van der Waals surface area contributed by atoms with Crippen LogP contribution in [0, 0.1) is 6.92 Å². The van der Waals surface area contributed by atoms with Crippen molar-refractivity contribution in [1.29, 1.82) is 0 Å². The quantitative estimate of drug-likeness (QED) is 0.430. The normalized spacial score (nSPS) is 19.3. The first-order valence-electron chi connectivity index (χ1n) is 8.20. The van der Waals surface area contributed by atoms with Gasteiger partial charge in [0.2, 0.25) is 0 Å². The van der Waals surface area contributed by atoms with E-state index in [1.54, 1.807) is 0 Å². The lowest BCUT2D eigenvalue weighted by molar-refractivity contribution is 0.771. The minimum absolute atomic E-state index is 0. The summed E-state index contributed by atoms with van der Waals surface area (Å²) < 4.78 is 0. The first-order valence-corrected chi connectivity index (χ1v) is 8.20. The van der Waals surface area contributed by atoms with E-state index in [4.69, 9.17) is 0 Å². The molecule has 1 heterocycles. The third kappa shape index (κ3) is 4.93. The van der Waals surface area contributed by atoms with Crippen LogP contribution in [0.25, 0.3) is 0 Å². The van der Waals surface area contributed by atoms with Crippen LogP contribution in [-0.4, -0.2) is 30.6 Å². The highest BCUT2D eigenvalue weighted by Crippen LogP contribution is 2.41. The molecule has 1 fully saturated rings. The van der Waals surface area contributed by atoms with E-state index in [1.807, 2.05) is 31.4 Å². The van der Waals surface area contributed by atoms with Gasteiger partial charge in [-0.25, -0.2) is 0 Å². The molecule has 1 aromatic heterocycles. The van der Waals surface area contributed by atoms with E-state index >= 15 is 0 Å². The van der Waals surface area contributed by atoms with Crippen molar-refractivity contribution in [2.75, 3.05) is 13.6 Å². The van der Waals surface area contributed by atoms with Crippen LogP contribution in [0.1, 0.15) is 29.2 Å². The summed E-state index contributed by atoms with van der Waals surface area (Å²) in [5, 5.41) is 6.90. The minimum atomic E-state index is 0. The molecule has 4 nitrogen and oxygen atoms in total. The molecule has 0 amide bonds. The zero-order valence-electron chi connectivity index (χ0n) is 14.2. The average Bonchev–Trinajstić information content (AvgIpc) is 3.34. The van der Waals surface area contributed by atoms with E-state index in [1.165, 1.54) is 17.5 Å². The summed E-state index contributed by atoms with van der Waals surface area (Å²) in [6, 6.07) is 15.1. The topological polar surface area (TPSA) is 49.3 Å². The fourth-order valence-electron chi connectivity index (χ4n) is 2.93. The number of nitrogens with one attached hydrogen (secondary N) is 2. The summed E-state index contributed by atoms with van der Waals surface area (Å²) in [7, 11) is 1.82. The monoisotopic (exact) mass is 436 g/mol. The number of halogens is 1. The number of hydrogen-bond donors (Lipinski definition) is 2. The van der Waals surface area contributed by atoms with Crippen LogP contribution in [0.5, 0.6) is 0 Å². The van der Waals surface area contributed by atoms with Crippen LogP contribution >= 0.6 is 24.0 Å². The maximum atomic E-state index is 4.34. The van der Waals surface area contributed by atoms with Crippen molar-refractivity contribution in [3.8, 4) is 0 Å². The molecule has 1 aliphatic rings. The molecule has 2 aromatic rings. The fraction of sp³-hybridized carbons (Fsp3) is 0.368. The Balaban J connectivity index is 0.00000208. The second-order valence-corrected chi connectivity index (χ2v) is 6.02. The molecule has 2 N–H and O–H groups in total. The Hall–Kier alpha value is -1.63. The first-order chi connectivity index (χ1) is 11.3. The van der Waals surface area contributed by atoms with Gasteiger partial charge in [-0.2, -0.15) is 0 Å². The largest absolute Gasteiger partial charge is 0.356 e. The van der Waals surface area contributed by atoms with Gasteiger partial charge in [0.05, 0.1) is 0 Å². The van der Waals surface area contributed by atoms with Crippen molar-refractivity contribution in [2.24, 2.45) is 4.99 Å². The molecule has 1 aliphatic carbocycles. The van der Waals surface area contributed by atoms with Crippen LogP contribution in [0.3, 0.4) is 0 Å². The number of rotatable bonds is 5. The van der Waals surface area contributed by atoms with Gasteiger partial charge < -0.3 is 10.6 Å². The van der Waals surface area contributed by atoms with E-state index in [0.29, 0.717) is 12.0 Å². The number of pyridine rings is 1. The first kappa shape index (κ1) is 18.7. The van der Waals surface area contributed by atoms with E-state index in [0.717, 1.165) is 24.6 Å². The van der Waals surface area contributed by atoms with Crippen LogP contribution in [0.4, 0.5) is 0 Å². The van der Waals surface area contributed by atoms with Crippen molar-refractivity contribution in [3.05, 3.63) is 65.5 Å². The average molecular weight is 436 g/mol. The van der Waals surface area contributed by atoms with Crippen LogP contribution in [-0.2, 0) is 6.42 Å². The molecular weight excluding hydrogens is 411 g/mol. The maximum absolute atomic E-state index is 4.34. The Bertz CT molecular complexity index is 672. The van der Waals surface area contributed by atoms with Crippen molar-refractivity contribution in [1.82, 2.24) is 15.6 Å². The molecule has 24 heavy (non-hydrogen) atoms. The Morgan fingerprint density at radius 1 is 1.21 bits per heavy atom. The molecule has 5 heteroatoms. The van der Waals surface area contributed by atoms with Crippen molar-refractivity contribution < 1.29 is 0 Å². The zero-order valence-corrected chi connectivity index (χ0v) is 16.5. The van der Waals surface area contributed by atoms with E-state index in [2.05, 4.69) is 51.8 Å². The van der Waals surface area contributed by atoms with E-state index < -0.39 is 0 Å². The summed E-state index contributed by atoms with van der Waals surface area (Å²) in [6.45, 7) is 3.02. The second kappa shape index (κ2) is 9.01. The Labute approximate surface area is 161 Å². The van der Waals surface area contributed by atoms with Gasteiger partial charge in [0, 0.05) is 43.9 Å². The summed E-state index contributed by atoms with van der Waals surface area (Å²) in [5.41, 5.74) is 3.92. The molecular formula is C19H25IN4. The zero-order chi connectivity index (χ0) is 16.1. The number of benzene rings is 1. The number of aromatic nitrogens is 1. The number of nitrogens with zero attached hydrogens (tertiary/aromatic N) is 2. The van der Waals surface area contributed by atoms with Crippen LogP contribution in [0.15, 0.2) is 53.7 Å². The predicted octanol–water partition coefficient (Wildman–Crippen LogP) is 3.27. The minimum Gasteiger partial charge on any atom is -0.356 e. The molecule has 2 unspecified atom stereocenters. The van der Waals surface area contributed by atoms with Crippen molar-refractivity contribution in [3.63, 3.8) is 0 Å². The summed E-state index contributed by atoms with van der Waals surface area (Å²) in [4.78, 5) is 8.66. The number of aryl methyl sites for hydroxylation is 1. The number of aliphatic imine (C=N–C) groups is 1. The van der Waals surface area contributed by atoms with E-state index in [9.17, 15) is 0 Å². The fourth-order valence-corrected chi connectivity index (χ4v) is 2.93. The van der Waals surface area contributed by atoms with E-state index in [-0.39, 0.29) is 24.0 Å². The third-order valence-corrected chi connectivity index (χ3v) is 4.32. The molecule has 0 saturated heterocycles. The maximum Gasteiger partial charge on any atom is 0.191 e. The molecule has 1 aromatic carbocycles. The van der Waals surface area contributed by atoms with Gasteiger partial charge in [-0.05, 0) is 36.6 Å². The van der Waals surface area contributed by atoms with Gasteiger partial charge in [-0.3, -0.25) is 9.98 Å². The van der Waals surface area contributed by atoms with Gasteiger partial charge in [0.15, 0.2) is 5.96 Å². The Morgan fingerprint density at radius 2 is 2.00 bits per heavy atom. The molecule has 1 saturated carbocycles. The Morgan fingerprint density at radius 3 is 2.71 bits per heavy atom. The molecule has 2 atom stereocenters. The summed E-state index contributed by atoms with van der Waals surface area (Å²) in [5.74, 6) is 1.48. The lowest BCUT2D eigenvalue weighted by Gasteiger charge is -2.12. The van der Waals surface area contributed by atoms with Gasteiger partial charge >= 0.3 is 0 Å². The lowest BCUT2D eigenvalue weighted by atomic mass is 10.0. The third-order valence-electron chi connectivity index (χ3n) is 4.32. The summed E-state index contributed by atoms with van der Waals surface area (Å²) >= 11 is 0. The van der Waals surface area contributed by atoms with Crippen LogP contribution < -0.4 is 10.6 Å². The smallest absolute Gasteiger partial charge is 0.191 e. The van der Waals surface area contributed by atoms with Crippen molar-refractivity contribution >= 4 is 29.9 Å². The lowest BCUT2D eigenvalue weighted by Crippen LogP contribution is -2.40. The molecule has 0 radical (unpaired) electrons. The molecule has 0 spiro atoms. The number of guanidine groups is 1. The number of hydrogen-bond acceptors (Lipinski definition) is 2. The highest BCUT2D eigenvalue weighted by molar-refractivity contribution is 14.0. The van der Waals surface area contributed by atoms with Gasteiger partial charge in [-0.1, -0.05) is 30.3 Å². The Kier molecular flexibility index (Phi) is 7.02. The molecule has 128 valence electrons. The van der Waals surface area contributed by atoms with Crippen LogP contribution in [0.2, 0.25) is 0 Å². The van der Waals surface area contributed by atoms with Gasteiger partial charge in [-0.15, -0.1) is 24.0 Å². The van der Waals surface area contributed by atoms with Crippen molar-refractivity contribution in [2.45, 2.75) is 31.7 Å². The highest BCUT2D eigenvalue weighted by Gasteiger charge is 2.39. The SMILES string of the molecule is CN=C(NCCc1ccccn1)NC1CC1c1ccccc1C.I. The molecule has 0 aliphatic heterocycles. The summed E-state index contributed by atoms with van der Waals surface area (Å²) in [6.07, 6.45) is 3.90. The molecule has 0 bridgehead atoms. The molecule has 3 rings (SSSR count). The predicted molar refractivity (Wildman–Crippen MR) is 110 cm³/mol. The standard InChI is InChI=1S/C19H24N4.HI/c1-14-7-3-4-9-16(14)17-13-18(17)23-19(20-2)22-12-10-15-8-5-6-11-21-15;/h3-9,11,17-18H,10,12-13H2,1-2H3,(H2,20,22,23);1H.